The monoisotopic (exact) mass is 510 g/mol. The summed E-state index contributed by atoms with van der Waals surface area (Å²) in [6.07, 6.45) is 2.95. The molecule has 1 aliphatic heterocycles. The number of amides is 2. The number of hydrogen-bond donors (Lipinski definition) is 1. The number of aromatic nitrogens is 4. The normalized spacial score (nSPS) is 13.7. The van der Waals surface area contributed by atoms with Crippen molar-refractivity contribution in [2.24, 2.45) is 0 Å². The summed E-state index contributed by atoms with van der Waals surface area (Å²) in [6.45, 7) is 2.85. The average molecular weight is 511 g/mol. The number of fused-ring (bicyclic) bond motifs is 1. The zero-order valence-electron chi connectivity index (χ0n) is 17.8. The molecule has 10 nitrogen and oxygen atoms in total. The number of benzene rings is 1. The molecule has 1 fully saturated rings. The number of methoxy groups -OCH3 is 1. The average Bonchev–Trinajstić information content (AvgIpc) is 3.41. The number of carbonyl (C=O) groups is 2. The number of ether oxygens (including phenoxy) is 1. The van der Waals surface area contributed by atoms with Gasteiger partial charge in [0.2, 0.25) is 11.7 Å². The Morgan fingerprint density at radius 2 is 2.06 bits per heavy atom. The predicted molar refractivity (Wildman–Crippen MR) is 122 cm³/mol. The van der Waals surface area contributed by atoms with E-state index >= 15 is 0 Å². The van der Waals surface area contributed by atoms with Crippen molar-refractivity contribution in [3.05, 3.63) is 64.2 Å². The Morgan fingerprint density at radius 1 is 1.24 bits per heavy atom. The number of nitrogens with one attached hydrogen (secondary N) is 1. The van der Waals surface area contributed by atoms with Crippen LogP contribution in [0.5, 0.6) is 0 Å². The van der Waals surface area contributed by atoms with Crippen LogP contribution in [0.15, 0.2) is 51.7 Å². The minimum absolute atomic E-state index is 0.0232. The summed E-state index contributed by atoms with van der Waals surface area (Å²) in [4.78, 5) is 30.6. The van der Waals surface area contributed by atoms with Gasteiger partial charge >= 0.3 is 6.09 Å². The first-order chi connectivity index (χ1) is 15.9. The number of nitrogens with zero attached hydrogens (tertiary/aromatic N) is 5. The van der Waals surface area contributed by atoms with E-state index in [4.69, 9.17) is 9.26 Å². The molecule has 1 aromatic carbocycles. The van der Waals surface area contributed by atoms with E-state index in [0.29, 0.717) is 47.1 Å². The van der Waals surface area contributed by atoms with Gasteiger partial charge in [0.1, 0.15) is 0 Å². The highest BCUT2D eigenvalue weighted by molar-refractivity contribution is 9.10. The van der Waals surface area contributed by atoms with Gasteiger partial charge in [0.15, 0.2) is 0 Å². The molecule has 33 heavy (non-hydrogen) atoms. The maximum atomic E-state index is 13.0. The number of pyridine rings is 1. The van der Waals surface area contributed by atoms with E-state index < -0.39 is 0 Å². The molecule has 4 aromatic rings. The number of hydrogen-bond acceptors (Lipinski definition) is 7. The van der Waals surface area contributed by atoms with Gasteiger partial charge in [-0.1, -0.05) is 33.2 Å². The zero-order chi connectivity index (χ0) is 23.1. The lowest BCUT2D eigenvalue weighted by Crippen LogP contribution is -2.48. The van der Waals surface area contributed by atoms with E-state index in [1.807, 2.05) is 37.3 Å². The van der Waals surface area contributed by atoms with Crippen LogP contribution in [-0.2, 0) is 4.74 Å². The number of anilines is 1. The molecule has 0 bridgehead atoms. The van der Waals surface area contributed by atoms with Crippen LogP contribution in [0.3, 0.4) is 0 Å². The van der Waals surface area contributed by atoms with E-state index in [9.17, 15) is 9.59 Å². The van der Waals surface area contributed by atoms with Gasteiger partial charge in [-0.05, 0) is 30.7 Å². The Hall–Kier alpha value is -3.73. The molecule has 5 rings (SSSR count). The first kappa shape index (κ1) is 21.1. The molecule has 2 amide bonds. The maximum absolute atomic E-state index is 13.0. The molecule has 3 aromatic heterocycles. The van der Waals surface area contributed by atoms with Crippen LogP contribution in [-0.4, -0.2) is 56.9 Å². The SMILES string of the molecule is COC(=O)N1CC(c2nc(-c3ccc(C)c(NC(=O)c4cnn5ccc(Br)cc45)c3)no2)C1. The third-order valence-electron chi connectivity index (χ3n) is 5.58. The van der Waals surface area contributed by atoms with E-state index in [0.717, 1.165) is 10.0 Å². The Labute approximate surface area is 196 Å². The van der Waals surface area contributed by atoms with Gasteiger partial charge in [-0.25, -0.2) is 9.31 Å². The number of aryl methyl sites for hydroxylation is 1. The summed E-state index contributed by atoms with van der Waals surface area (Å²) < 4.78 is 12.6. The fourth-order valence-corrected chi connectivity index (χ4v) is 3.98. The zero-order valence-corrected chi connectivity index (χ0v) is 19.4. The quantitative estimate of drug-likeness (QED) is 0.442. The fraction of sp³-hybridized carbons (Fsp3) is 0.227. The lowest BCUT2D eigenvalue weighted by Gasteiger charge is -2.35. The van der Waals surface area contributed by atoms with E-state index in [1.54, 1.807) is 15.6 Å². The Balaban J connectivity index is 1.35. The van der Waals surface area contributed by atoms with Gasteiger partial charge < -0.3 is 19.5 Å². The summed E-state index contributed by atoms with van der Waals surface area (Å²) >= 11 is 3.43. The molecule has 11 heteroatoms. The summed E-state index contributed by atoms with van der Waals surface area (Å²) in [5.41, 5.74) is 3.39. The summed E-state index contributed by atoms with van der Waals surface area (Å²) in [5.74, 6) is 0.588. The molecule has 0 saturated carbocycles. The molecule has 0 radical (unpaired) electrons. The Bertz CT molecular complexity index is 1370. The van der Waals surface area contributed by atoms with Crippen LogP contribution in [0.2, 0.25) is 0 Å². The smallest absolute Gasteiger partial charge is 0.409 e. The third-order valence-corrected chi connectivity index (χ3v) is 6.07. The largest absolute Gasteiger partial charge is 0.453 e. The maximum Gasteiger partial charge on any atom is 0.409 e. The number of rotatable bonds is 4. The fourth-order valence-electron chi connectivity index (χ4n) is 3.65. The molecule has 0 aliphatic carbocycles. The van der Waals surface area contributed by atoms with Crippen LogP contribution >= 0.6 is 15.9 Å². The lowest BCUT2D eigenvalue weighted by atomic mass is 10.0. The standard InChI is InChI=1S/C22H19BrN6O4/c1-12-3-4-13(19-26-21(33-27-19)14-10-28(11-14)22(31)32-2)7-17(12)25-20(30)16-9-24-29-6-5-15(23)8-18(16)29/h3-9,14H,10-11H2,1-2H3,(H,25,30). The van der Waals surface area contributed by atoms with Gasteiger partial charge in [-0.3, -0.25) is 4.79 Å². The van der Waals surface area contributed by atoms with Crippen molar-refractivity contribution in [3.63, 3.8) is 0 Å². The van der Waals surface area contributed by atoms with Gasteiger partial charge in [0.05, 0.1) is 30.3 Å². The Kier molecular flexibility index (Phi) is 5.33. The van der Waals surface area contributed by atoms with Crippen molar-refractivity contribution in [2.75, 3.05) is 25.5 Å². The minimum atomic E-state index is -0.372. The molecule has 1 aliphatic rings. The Morgan fingerprint density at radius 3 is 2.85 bits per heavy atom. The number of halogens is 1. The second-order valence-electron chi connectivity index (χ2n) is 7.74. The van der Waals surface area contributed by atoms with Gasteiger partial charge in [0.25, 0.3) is 5.91 Å². The molecular weight excluding hydrogens is 492 g/mol. The second-order valence-corrected chi connectivity index (χ2v) is 8.66. The second kappa shape index (κ2) is 8.32. The highest BCUT2D eigenvalue weighted by atomic mass is 79.9. The van der Waals surface area contributed by atoms with Crippen LogP contribution in [0.1, 0.15) is 27.7 Å². The van der Waals surface area contributed by atoms with Crippen LogP contribution < -0.4 is 5.32 Å². The van der Waals surface area contributed by atoms with Crippen molar-refractivity contribution < 1.29 is 18.8 Å². The van der Waals surface area contributed by atoms with Crippen molar-refractivity contribution in [3.8, 4) is 11.4 Å². The van der Waals surface area contributed by atoms with Gasteiger partial charge in [0, 0.05) is 35.0 Å². The lowest BCUT2D eigenvalue weighted by molar-refractivity contribution is 0.0804. The molecule has 0 spiro atoms. The minimum Gasteiger partial charge on any atom is -0.453 e. The summed E-state index contributed by atoms with van der Waals surface area (Å²) in [5, 5.41) is 11.3. The van der Waals surface area contributed by atoms with E-state index in [1.165, 1.54) is 13.3 Å². The van der Waals surface area contributed by atoms with Crippen molar-refractivity contribution in [1.29, 1.82) is 0 Å². The molecule has 168 valence electrons. The topological polar surface area (TPSA) is 115 Å². The summed E-state index contributed by atoms with van der Waals surface area (Å²) in [7, 11) is 1.35. The molecular formula is C22H19BrN6O4. The van der Waals surface area contributed by atoms with Crippen LogP contribution in [0, 0.1) is 6.92 Å². The molecule has 0 atom stereocenters. The molecule has 1 N–H and O–H groups in total. The van der Waals surface area contributed by atoms with E-state index in [-0.39, 0.29) is 17.9 Å². The van der Waals surface area contributed by atoms with E-state index in [2.05, 4.69) is 36.5 Å². The summed E-state index contributed by atoms with van der Waals surface area (Å²) in [6, 6.07) is 9.26. The molecule has 4 heterocycles. The van der Waals surface area contributed by atoms with Crippen LogP contribution in [0.4, 0.5) is 10.5 Å². The first-order valence-corrected chi connectivity index (χ1v) is 10.9. The van der Waals surface area contributed by atoms with Crippen molar-refractivity contribution >= 4 is 39.1 Å². The number of likely N-dealkylation sites (tertiary alicyclic amines) is 1. The highest BCUT2D eigenvalue weighted by Crippen LogP contribution is 2.29. The van der Waals surface area contributed by atoms with Crippen molar-refractivity contribution in [1.82, 2.24) is 24.7 Å². The van der Waals surface area contributed by atoms with Crippen molar-refractivity contribution in [2.45, 2.75) is 12.8 Å². The predicted octanol–water partition coefficient (Wildman–Crippen LogP) is 3.87. The molecule has 0 unspecified atom stereocenters. The highest BCUT2D eigenvalue weighted by Gasteiger charge is 2.36. The number of carbonyl (C=O) groups excluding carboxylic acids is 2. The third kappa shape index (κ3) is 3.95. The first-order valence-electron chi connectivity index (χ1n) is 10.1. The van der Waals surface area contributed by atoms with Gasteiger partial charge in [-0.15, -0.1) is 0 Å². The van der Waals surface area contributed by atoms with Gasteiger partial charge in [-0.2, -0.15) is 10.1 Å². The van der Waals surface area contributed by atoms with Crippen LogP contribution in [0.25, 0.3) is 16.9 Å². The molecule has 1 saturated heterocycles.